The van der Waals surface area contributed by atoms with Gasteiger partial charge in [-0.05, 0) is 0 Å². The van der Waals surface area contributed by atoms with Gasteiger partial charge in [-0.15, -0.1) is 0 Å². The minimum Gasteiger partial charge on any atom is -0.476 e. The van der Waals surface area contributed by atoms with Gasteiger partial charge in [0.25, 0.3) is 0 Å². The summed E-state index contributed by atoms with van der Waals surface area (Å²) in [6, 6.07) is 0. The van der Waals surface area contributed by atoms with Gasteiger partial charge in [-0.3, -0.25) is 4.79 Å². The van der Waals surface area contributed by atoms with Crippen molar-refractivity contribution >= 4 is 11.8 Å². The first-order valence-corrected chi connectivity index (χ1v) is 1.94. The predicted molar refractivity (Wildman–Crippen MR) is 22.9 cm³/mol. The van der Waals surface area contributed by atoms with E-state index < -0.39 is 11.8 Å². The summed E-state index contributed by atoms with van der Waals surface area (Å²) in [6.45, 7) is 1.51. The second-order valence-electron chi connectivity index (χ2n) is 1.08. The molecule has 0 amide bonds. The first kappa shape index (κ1) is 6.14. The lowest BCUT2D eigenvalue weighted by Gasteiger charge is -1.80. The molecule has 0 spiro atoms. The predicted octanol–water partition coefficient (Wildman–Crippen LogP) is 0.0501. The van der Waals surface area contributed by atoms with Gasteiger partial charge in [0.15, 0.2) is 0 Å². The molecule has 0 rings (SSSR count). The zero-order chi connectivity index (χ0) is 5.86. The zero-order valence-corrected chi connectivity index (χ0v) is 3.97. The Kier molecular flexibility index (Phi) is 2.05. The third kappa shape index (κ3) is 1.92. The second-order valence-corrected chi connectivity index (χ2v) is 1.08. The maximum Gasteiger partial charge on any atom is 0.372 e. The number of Topliss-reactive ketones (excluding diaryl/α,β-unsaturated/α-hetero) is 1. The van der Waals surface area contributed by atoms with Crippen molar-refractivity contribution in [3.05, 3.63) is 0 Å². The number of carboxylic acid groups (broad SMARTS) is 1. The lowest BCUT2D eigenvalue weighted by Crippen LogP contribution is -2.09. The Labute approximate surface area is 41.0 Å². The first-order chi connectivity index (χ1) is 3.18. The Morgan fingerprint density at radius 2 is 2.00 bits per heavy atom. The smallest absolute Gasteiger partial charge is 0.372 e. The van der Waals surface area contributed by atoms with Gasteiger partial charge in [0.05, 0.1) is 0 Å². The van der Waals surface area contributed by atoms with E-state index >= 15 is 0 Å². The van der Waals surface area contributed by atoms with Crippen LogP contribution in [0.15, 0.2) is 0 Å². The summed E-state index contributed by atoms with van der Waals surface area (Å²) in [7, 11) is 0. The highest BCUT2D eigenvalue weighted by Crippen LogP contribution is 1.76. The van der Waals surface area contributed by atoms with E-state index in [2.05, 4.69) is 0 Å². The number of hydrogen-bond donors (Lipinski definition) is 1. The van der Waals surface area contributed by atoms with Crippen LogP contribution in [-0.2, 0) is 9.59 Å². The summed E-state index contributed by atoms with van der Waals surface area (Å²) < 4.78 is 0. The molecule has 1 N–H and O–H groups in total. The van der Waals surface area contributed by atoms with E-state index in [1.807, 2.05) is 0 Å². The number of ketones is 1. The minimum absolute atomic E-state index is 0.0787. The van der Waals surface area contributed by atoms with Crippen molar-refractivity contribution in [3.8, 4) is 0 Å². The van der Waals surface area contributed by atoms with E-state index in [0.717, 1.165) is 0 Å². The fourth-order valence-electron chi connectivity index (χ4n) is 0.151. The summed E-state index contributed by atoms with van der Waals surface area (Å²) >= 11 is 0. The van der Waals surface area contributed by atoms with Gasteiger partial charge in [-0.25, -0.2) is 4.79 Å². The van der Waals surface area contributed by atoms with Crippen molar-refractivity contribution < 1.29 is 14.7 Å². The summed E-state index contributed by atoms with van der Waals surface area (Å²) in [4.78, 5) is 19.5. The Morgan fingerprint density at radius 1 is 1.57 bits per heavy atom. The molecule has 0 aromatic heterocycles. The lowest BCUT2D eigenvalue weighted by atomic mass is 11.1. The average molecular weight is 105 g/mol. The van der Waals surface area contributed by atoms with Crippen molar-refractivity contribution in [1.82, 2.24) is 0 Å². The van der Waals surface area contributed by atoms with Gasteiger partial charge in [0, 0.05) is 6.42 Å². The molecule has 0 aliphatic heterocycles. The summed E-state index contributed by atoms with van der Waals surface area (Å²) in [5.74, 6) is -2.08. The Morgan fingerprint density at radius 3 is 2.00 bits per heavy atom. The van der Waals surface area contributed by atoms with E-state index in [-0.39, 0.29) is 6.42 Å². The van der Waals surface area contributed by atoms with Gasteiger partial charge in [-0.2, -0.15) is 0 Å². The van der Waals surface area contributed by atoms with E-state index in [9.17, 15) is 9.59 Å². The van der Waals surface area contributed by atoms with Crippen molar-refractivity contribution in [2.75, 3.05) is 0 Å². The topological polar surface area (TPSA) is 54.4 Å². The molecule has 0 saturated heterocycles. The molecule has 0 aliphatic carbocycles. The van der Waals surface area contributed by atoms with E-state index in [1.165, 1.54) is 6.92 Å². The van der Waals surface area contributed by atoms with Crippen molar-refractivity contribution in [2.24, 2.45) is 0 Å². The van der Waals surface area contributed by atoms with E-state index in [0.29, 0.717) is 0 Å². The molecule has 0 radical (unpaired) electrons. The molecular formula is C4H6O3. The van der Waals surface area contributed by atoms with Gasteiger partial charge in [0.2, 0.25) is 5.78 Å². The van der Waals surface area contributed by atoms with E-state index in [1.54, 1.807) is 0 Å². The molecule has 0 atom stereocenters. The molecule has 3 nitrogen and oxygen atoms in total. The zero-order valence-electron chi connectivity index (χ0n) is 3.97. The average Bonchev–Trinajstić information content (AvgIpc) is 1.65. The van der Waals surface area contributed by atoms with Crippen molar-refractivity contribution in [1.29, 1.82) is 0 Å². The van der Waals surface area contributed by atoms with Crippen LogP contribution >= 0.6 is 0 Å². The van der Waals surface area contributed by atoms with Gasteiger partial charge in [0.1, 0.15) is 0 Å². The fourth-order valence-corrected chi connectivity index (χ4v) is 0.151. The number of carboxylic acids is 1. The van der Waals surface area contributed by atoms with E-state index in [4.69, 9.17) is 5.11 Å². The monoisotopic (exact) mass is 105 g/mol. The Balaban J connectivity index is 3.58. The van der Waals surface area contributed by atoms with Crippen LogP contribution in [0.2, 0.25) is 0 Å². The second kappa shape index (κ2) is 2.34. The third-order valence-corrected chi connectivity index (χ3v) is 0.560. The van der Waals surface area contributed by atoms with Crippen LogP contribution in [0.1, 0.15) is 13.3 Å². The fraction of sp³-hybridized carbons (Fsp3) is 0.500. The van der Waals surface area contributed by atoms with Crippen LogP contribution in [0, 0.1) is 0 Å². The Bertz CT molecular complexity index is 95.1. The van der Waals surface area contributed by atoms with Crippen LogP contribution in [0.25, 0.3) is 0 Å². The Hall–Kier alpha value is -0.860. The van der Waals surface area contributed by atoms with Gasteiger partial charge >= 0.3 is 5.97 Å². The van der Waals surface area contributed by atoms with Crippen molar-refractivity contribution in [3.63, 3.8) is 0 Å². The molecule has 0 bridgehead atoms. The SMILES string of the molecule is C[13CH2][13C](=O)[13C](=O)O. The number of hydrogen-bond acceptors (Lipinski definition) is 2. The summed E-state index contributed by atoms with van der Waals surface area (Å²) in [5.41, 5.74) is 0. The van der Waals surface area contributed by atoms with Gasteiger partial charge in [-0.1, -0.05) is 6.92 Å². The highest BCUT2D eigenvalue weighted by molar-refractivity contribution is 6.32. The molecule has 0 aromatic carbocycles. The molecular weight excluding hydrogens is 99.0 g/mol. The quantitative estimate of drug-likeness (QED) is 0.398. The number of carbonyl (C=O) groups excluding carboxylic acids is 1. The number of aliphatic carboxylic acids is 1. The van der Waals surface area contributed by atoms with Crippen molar-refractivity contribution in [2.45, 2.75) is 13.3 Å². The van der Waals surface area contributed by atoms with Crippen LogP contribution in [0.5, 0.6) is 0 Å². The molecule has 0 fully saturated rings. The maximum absolute atomic E-state index is 9.91. The molecule has 0 saturated carbocycles. The van der Waals surface area contributed by atoms with Crippen LogP contribution < -0.4 is 0 Å². The standard InChI is InChI=1S/C4H6O3/c1-2-3(5)4(6)7/h2H2,1H3,(H,6,7)/i2+1,3+1,4+1. The van der Waals surface area contributed by atoms with Gasteiger partial charge < -0.3 is 5.11 Å². The summed E-state index contributed by atoms with van der Waals surface area (Å²) in [6.07, 6.45) is 0.0787. The first-order valence-electron chi connectivity index (χ1n) is 1.94. The summed E-state index contributed by atoms with van der Waals surface area (Å²) in [5, 5.41) is 7.83. The maximum atomic E-state index is 9.91. The lowest BCUT2D eigenvalue weighted by molar-refractivity contribution is -0.148. The molecule has 0 aliphatic rings. The third-order valence-electron chi connectivity index (χ3n) is 0.560. The largest absolute Gasteiger partial charge is 0.476 e. The molecule has 0 heterocycles. The number of carbonyl (C=O) groups is 2. The van der Waals surface area contributed by atoms with Crippen LogP contribution in [0.4, 0.5) is 0 Å². The molecule has 0 unspecified atom stereocenters. The molecule has 3 heteroatoms. The molecule has 0 aromatic rings. The molecule has 7 heavy (non-hydrogen) atoms. The highest BCUT2D eigenvalue weighted by Gasteiger charge is 2.05. The number of rotatable bonds is 2. The molecule has 40 valence electrons. The minimum atomic E-state index is -1.34. The van der Waals surface area contributed by atoms with Crippen LogP contribution in [0.3, 0.4) is 0 Å². The highest BCUT2D eigenvalue weighted by atomic mass is 16.5. The van der Waals surface area contributed by atoms with Crippen LogP contribution in [-0.4, -0.2) is 16.9 Å². The normalized spacial score (nSPS) is 8.14.